The number of nitrogens with zero attached hydrogens (tertiary/aromatic N) is 4. The van der Waals surface area contributed by atoms with Crippen LogP contribution in [-0.2, 0) is 6.67 Å². The fourth-order valence-corrected chi connectivity index (χ4v) is 3.72. The van der Waals surface area contributed by atoms with E-state index in [2.05, 4.69) is 4.99 Å². The summed E-state index contributed by atoms with van der Waals surface area (Å²) in [5.74, 6) is 0. The molecule has 1 aliphatic heterocycles. The van der Waals surface area contributed by atoms with Crippen LogP contribution in [0.5, 0.6) is 0 Å². The average molecular weight is 366 g/mol. The van der Waals surface area contributed by atoms with Crippen LogP contribution in [0.15, 0.2) is 64.4 Å². The number of aromatic nitrogens is 1. The first-order chi connectivity index (χ1) is 12.6. The minimum Gasteiger partial charge on any atom is -0.334 e. The Morgan fingerprint density at radius 2 is 1.85 bits per heavy atom. The summed E-state index contributed by atoms with van der Waals surface area (Å²) < 4.78 is 2.21. The molecule has 0 amide bonds. The van der Waals surface area contributed by atoms with Gasteiger partial charge in [0.05, 0.1) is 9.46 Å². The number of fused-ring (bicyclic) bond motifs is 1. The Balaban J connectivity index is 1.69. The van der Waals surface area contributed by atoms with Crippen LogP contribution in [0, 0.1) is 10.1 Å². The Bertz CT molecular complexity index is 1130. The van der Waals surface area contributed by atoms with Crippen molar-refractivity contribution in [2.45, 2.75) is 6.67 Å². The van der Waals surface area contributed by atoms with Gasteiger partial charge in [0, 0.05) is 17.8 Å². The summed E-state index contributed by atoms with van der Waals surface area (Å²) in [6.45, 7) is 0.952. The molecule has 0 unspecified atom stereocenters. The molecular formula is C18H14N4O3S. The molecule has 1 aromatic heterocycles. The van der Waals surface area contributed by atoms with Crippen molar-refractivity contribution in [1.29, 1.82) is 0 Å². The summed E-state index contributed by atoms with van der Waals surface area (Å²) in [7, 11) is 0. The van der Waals surface area contributed by atoms with Crippen molar-refractivity contribution in [3.05, 3.63) is 90.0 Å². The van der Waals surface area contributed by atoms with Gasteiger partial charge < -0.3 is 4.90 Å². The van der Waals surface area contributed by atoms with Gasteiger partial charge in [-0.05, 0) is 35.9 Å². The van der Waals surface area contributed by atoms with Crippen molar-refractivity contribution in [3.8, 4) is 0 Å². The molecule has 4 rings (SSSR count). The quantitative estimate of drug-likeness (QED) is 0.522. The second kappa shape index (κ2) is 6.57. The SMILES string of the molecule is O=c1/c(=C/c2ccc([N+](=O)[O-])cc2)sc2n1CN(c1ccccc1)CN=2. The fraction of sp³-hybridized carbons (Fsp3) is 0.111. The van der Waals surface area contributed by atoms with Crippen LogP contribution in [0.25, 0.3) is 6.08 Å². The number of anilines is 1. The Kier molecular flexibility index (Phi) is 4.10. The van der Waals surface area contributed by atoms with E-state index in [4.69, 9.17) is 0 Å². The Hall–Kier alpha value is -3.26. The molecule has 8 heteroatoms. The molecule has 2 heterocycles. The summed E-state index contributed by atoms with van der Waals surface area (Å²) >= 11 is 1.33. The van der Waals surface area contributed by atoms with E-state index < -0.39 is 4.92 Å². The predicted molar refractivity (Wildman–Crippen MR) is 99.8 cm³/mol. The predicted octanol–water partition coefficient (Wildman–Crippen LogP) is 1.70. The van der Waals surface area contributed by atoms with Crippen molar-refractivity contribution in [2.24, 2.45) is 4.99 Å². The number of rotatable bonds is 3. The maximum Gasteiger partial charge on any atom is 0.271 e. The van der Waals surface area contributed by atoms with Crippen molar-refractivity contribution in [3.63, 3.8) is 0 Å². The smallest absolute Gasteiger partial charge is 0.271 e. The zero-order valence-electron chi connectivity index (χ0n) is 13.6. The standard InChI is InChI=1S/C18H14N4O3S/c23-17-16(10-13-6-8-15(9-7-13)22(24)25)26-18-19-11-20(12-21(17)18)14-4-2-1-3-5-14/h1-10H,11-12H2/b16-10-. The number of hydrogen-bond acceptors (Lipinski definition) is 6. The van der Waals surface area contributed by atoms with Gasteiger partial charge in [0.15, 0.2) is 4.80 Å². The van der Waals surface area contributed by atoms with Crippen LogP contribution in [0.1, 0.15) is 5.56 Å². The first-order valence-corrected chi connectivity index (χ1v) is 8.74. The number of nitro groups is 1. The second-order valence-corrected chi connectivity index (χ2v) is 6.80. The van der Waals surface area contributed by atoms with E-state index in [1.165, 1.54) is 23.5 Å². The molecule has 0 aliphatic carbocycles. The van der Waals surface area contributed by atoms with Crippen LogP contribution >= 0.6 is 11.3 Å². The number of hydrogen-bond donors (Lipinski definition) is 0. The molecule has 3 aromatic rings. The van der Waals surface area contributed by atoms with E-state index in [0.717, 1.165) is 11.3 Å². The van der Waals surface area contributed by atoms with Crippen molar-refractivity contribution in [1.82, 2.24) is 4.57 Å². The molecule has 0 fully saturated rings. The topological polar surface area (TPSA) is 80.7 Å². The monoisotopic (exact) mass is 366 g/mol. The fourth-order valence-electron chi connectivity index (χ4n) is 2.76. The van der Waals surface area contributed by atoms with Crippen molar-refractivity contribution >= 4 is 28.8 Å². The number of thiazole rings is 1. The van der Waals surface area contributed by atoms with Gasteiger partial charge in [0.25, 0.3) is 11.2 Å². The normalized spacial score (nSPS) is 14.0. The van der Waals surface area contributed by atoms with Gasteiger partial charge in [-0.15, -0.1) is 0 Å². The van der Waals surface area contributed by atoms with Gasteiger partial charge in [0.1, 0.15) is 13.3 Å². The lowest BCUT2D eigenvalue weighted by Crippen LogP contribution is -2.42. The third kappa shape index (κ3) is 3.02. The molecule has 0 atom stereocenters. The second-order valence-electron chi connectivity index (χ2n) is 5.79. The first kappa shape index (κ1) is 16.2. The summed E-state index contributed by atoms with van der Waals surface area (Å²) in [6, 6.07) is 16.0. The third-order valence-corrected chi connectivity index (χ3v) is 5.14. The summed E-state index contributed by atoms with van der Waals surface area (Å²) in [4.78, 5) is 30.2. The van der Waals surface area contributed by atoms with Crippen LogP contribution in [0.4, 0.5) is 11.4 Å². The first-order valence-electron chi connectivity index (χ1n) is 7.92. The number of para-hydroxylation sites is 1. The summed E-state index contributed by atoms with van der Waals surface area (Å²) in [5, 5.41) is 10.7. The lowest BCUT2D eigenvalue weighted by Gasteiger charge is -2.25. The minimum absolute atomic E-state index is 0.0258. The van der Waals surface area contributed by atoms with Crippen LogP contribution in [0.3, 0.4) is 0 Å². The van der Waals surface area contributed by atoms with Crippen molar-refractivity contribution < 1.29 is 4.92 Å². The van der Waals surface area contributed by atoms with E-state index in [9.17, 15) is 14.9 Å². The minimum atomic E-state index is -0.445. The summed E-state index contributed by atoms with van der Waals surface area (Å²) in [5.41, 5.74) is 1.68. The van der Waals surface area contributed by atoms with Crippen LogP contribution in [0.2, 0.25) is 0 Å². The highest BCUT2D eigenvalue weighted by Crippen LogP contribution is 2.15. The van der Waals surface area contributed by atoms with Gasteiger partial charge in [-0.2, -0.15) is 0 Å². The van der Waals surface area contributed by atoms with Crippen LogP contribution in [-0.4, -0.2) is 16.2 Å². The molecule has 0 bridgehead atoms. The highest BCUT2D eigenvalue weighted by atomic mass is 32.1. The maximum atomic E-state index is 12.7. The van der Waals surface area contributed by atoms with E-state index in [-0.39, 0.29) is 11.2 Å². The molecular weight excluding hydrogens is 352 g/mol. The Morgan fingerprint density at radius 1 is 1.12 bits per heavy atom. The lowest BCUT2D eigenvalue weighted by atomic mass is 10.2. The summed E-state index contributed by atoms with van der Waals surface area (Å²) in [6.07, 6.45) is 1.74. The molecule has 26 heavy (non-hydrogen) atoms. The van der Waals surface area contributed by atoms with Gasteiger partial charge >= 0.3 is 0 Å². The number of nitro benzene ring substituents is 1. The lowest BCUT2D eigenvalue weighted by molar-refractivity contribution is -0.384. The Labute approximate surface area is 151 Å². The molecule has 0 saturated carbocycles. The molecule has 130 valence electrons. The van der Waals surface area contributed by atoms with Gasteiger partial charge in [0.2, 0.25) is 0 Å². The molecule has 2 aromatic carbocycles. The average Bonchev–Trinajstić information content (AvgIpc) is 2.98. The van der Waals surface area contributed by atoms with Gasteiger partial charge in [-0.1, -0.05) is 29.5 Å². The van der Waals surface area contributed by atoms with Crippen molar-refractivity contribution in [2.75, 3.05) is 11.6 Å². The van der Waals surface area contributed by atoms with Gasteiger partial charge in [-0.3, -0.25) is 19.5 Å². The zero-order chi connectivity index (χ0) is 18.1. The molecule has 0 spiro atoms. The molecule has 0 N–H and O–H groups in total. The third-order valence-electron chi connectivity index (χ3n) is 4.10. The van der Waals surface area contributed by atoms with E-state index in [0.29, 0.717) is 22.7 Å². The molecule has 0 radical (unpaired) electrons. The van der Waals surface area contributed by atoms with E-state index >= 15 is 0 Å². The largest absolute Gasteiger partial charge is 0.334 e. The Morgan fingerprint density at radius 3 is 2.54 bits per heavy atom. The highest BCUT2D eigenvalue weighted by Gasteiger charge is 2.15. The zero-order valence-corrected chi connectivity index (χ0v) is 14.4. The molecule has 1 aliphatic rings. The molecule has 0 saturated heterocycles. The molecule has 7 nitrogen and oxygen atoms in total. The van der Waals surface area contributed by atoms with E-state index in [1.54, 1.807) is 22.8 Å². The highest BCUT2D eigenvalue weighted by molar-refractivity contribution is 7.07. The number of benzene rings is 2. The van der Waals surface area contributed by atoms with Crippen LogP contribution < -0.4 is 19.8 Å². The van der Waals surface area contributed by atoms with Gasteiger partial charge in [-0.25, -0.2) is 4.99 Å². The maximum absolute atomic E-state index is 12.7. The number of non-ortho nitro benzene ring substituents is 1. The van der Waals surface area contributed by atoms with E-state index in [1.807, 2.05) is 35.2 Å².